The first-order valence-corrected chi connectivity index (χ1v) is 8.14. The van der Waals surface area contributed by atoms with Crippen LogP contribution in [0.3, 0.4) is 0 Å². The summed E-state index contributed by atoms with van der Waals surface area (Å²) in [5.41, 5.74) is 8.07. The van der Waals surface area contributed by atoms with Crippen molar-refractivity contribution in [3.05, 3.63) is 23.8 Å². The van der Waals surface area contributed by atoms with Crippen LogP contribution in [0, 0.1) is 11.3 Å². The highest BCUT2D eigenvalue weighted by molar-refractivity contribution is 5.96. The largest absolute Gasteiger partial charge is 0.462 e. The molecule has 4 nitrogen and oxygen atoms in total. The van der Waals surface area contributed by atoms with Gasteiger partial charge in [0.2, 0.25) is 0 Å². The number of carbonyl (C=O) groups is 1. The Labute approximate surface area is 133 Å². The molecule has 2 unspecified atom stereocenters. The van der Waals surface area contributed by atoms with Crippen molar-refractivity contribution in [1.29, 1.82) is 0 Å². The van der Waals surface area contributed by atoms with E-state index in [4.69, 9.17) is 10.5 Å². The Morgan fingerprint density at radius 2 is 2.14 bits per heavy atom. The number of nitrogens with two attached hydrogens (primary N) is 1. The van der Waals surface area contributed by atoms with Gasteiger partial charge in [-0.3, -0.25) is 0 Å². The summed E-state index contributed by atoms with van der Waals surface area (Å²) in [6, 6.07) is 5.77. The van der Waals surface area contributed by atoms with Crippen LogP contribution < -0.4 is 11.1 Å². The third-order valence-electron chi connectivity index (χ3n) is 4.29. The van der Waals surface area contributed by atoms with Crippen LogP contribution in [0.1, 0.15) is 57.3 Å². The smallest absolute Gasteiger partial charge is 0.340 e. The van der Waals surface area contributed by atoms with Crippen molar-refractivity contribution >= 4 is 17.3 Å². The van der Waals surface area contributed by atoms with Gasteiger partial charge in [0.1, 0.15) is 0 Å². The van der Waals surface area contributed by atoms with E-state index in [-0.39, 0.29) is 5.97 Å². The van der Waals surface area contributed by atoms with Crippen LogP contribution in [-0.4, -0.2) is 18.6 Å². The molecular formula is C18H28N2O2. The fourth-order valence-electron chi connectivity index (χ4n) is 3.74. The van der Waals surface area contributed by atoms with Gasteiger partial charge in [0.15, 0.2) is 0 Å². The van der Waals surface area contributed by atoms with Gasteiger partial charge in [0, 0.05) is 17.4 Å². The van der Waals surface area contributed by atoms with Crippen molar-refractivity contribution in [1.82, 2.24) is 0 Å². The van der Waals surface area contributed by atoms with E-state index in [9.17, 15) is 4.79 Å². The van der Waals surface area contributed by atoms with E-state index in [0.29, 0.717) is 35.2 Å². The molecule has 0 bridgehead atoms. The van der Waals surface area contributed by atoms with E-state index in [1.165, 1.54) is 6.42 Å². The zero-order valence-electron chi connectivity index (χ0n) is 14.1. The fourth-order valence-corrected chi connectivity index (χ4v) is 3.74. The van der Waals surface area contributed by atoms with Crippen LogP contribution in [0.15, 0.2) is 18.2 Å². The van der Waals surface area contributed by atoms with E-state index in [2.05, 4.69) is 26.1 Å². The molecule has 0 aliphatic heterocycles. The predicted molar refractivity (Wildman–Crippen MR) is 91.0 cm³/mol. The predicted octanol–water partition coefficient (Wildman–Crippen LogP) is 4.07. The summed E-state index contributed by atoms with van der Waals surface area (Å²) in [5.74, 6) is 0.362. The van der Waals surface area contributed by atoms with E-state index in [0.717, 1.165) is 18.5 Å². The van der Waals surface area contributed by atoms with Gasteiger partial charge >= 0.3 is 5.97 Å². The fraction of sp³-hybridized carbons (Fsp3) is 0.611. The van der Waals surface area contributed by atoms with Crippen LogP contribution in [0.5, 0.6) is 0 Å². The average molecular weight is 304 g/mol. The Balaban J connectivity index is 2.20. The number of anilines is 2. The molecule has 0 heterocycles. The van der Waals surface area contributed by atoms with Gasteiger partial charge in [0.25, 0.3) is 0 Å². The number of nitrogen functional groups attached to an aromatic ring is 1. The number of rotatable bonds is 4. The zero-order valence-corrected chi connectivity index (χ0v) is 14.1. The molecular weight excluding hydrogens is 276 g/mol. The average Bonchev–Trinajstić information content (AvgIpc) is 2.38. The van der Waals surface area contributed by atoms with Crippen LogP contribution in [0.25, 0.3) is 0 Å². The normalized spacial score (nSPS) is 23.8. The van der Waals surface area contributed by atoms with Crippen molar-refractivity contribution < 1.29 is 9.53 Å². The highest BCUT2D eigenvalue weighted by Gasteiger charge is 2.32. The van der Waals surface area contributed by atoms with E-state index in [1.807, 2.05) is 19.1 Å². The molecule has 0 aromatic heterocycles. The third-order valence-corrected chi connectivity index (χ3v) is 4.29. The Morgan fingerprint density at radius 1 is 1.41 bits per heavy atom. The zero-order chi connectivity index (χ0) is 16.3. The molecule has 0 saturated heterocycles. The lowest BCUT2D eigenvalue weighted by Crippen LogP contribution is -2.35. The topological polar surface area (TPSA) is 64.3 Å². The summed E-state index contributed by atoms with van der Waals surface area (Å²) in [7, 11) is 0. The third kappa shape index (κ3) is 4.15. The van der Waals surface area contributed by atoms with Crippen molar-refractivity contribution in [3.63, 3.8) is 0 Å². The molecule has 1 saturated carbocycles. The van der Waals surface area contributed by atoms with Crippen molar-refractivity contribution in [2.75, 3.05) is 17.7 Å². The number of esters is 1. The second kappa shape index (κ2) is 6.59. The van der Waals surface area contributed by atoms with Crippen molar-refractivity contribution in [3.8, 4) is 0 Å². The summed E-state index contributed by atoms with van der Waals surface area (Å²) in [5, 5.41) is 3.55. The van der Waals surface area contributed by atoms with E-state index < -0.39 is 0 Å². The number of benzene rings is 1. The van der Waals surface area contributed by atoms with Gasteiger partial charge < -0.3 is 15.8 Å². The number of ether oxygens (including phenoxy) is 1. The lowest BCUT2D eigenvalue weighted by Gasteiger charge is -2.39. The minimum atomic E-state index is -0.319. The van der Waals surface area contributed by atoms with Crippen LogP contribution in [0.4, 0.5) is 11.4 Å². The maximum Gasteiger partial charge on any atom is 0.340 e. The summed E-state index contributed by atoms with van der Waals surface area (Å²) in [6.45, 7) is 9.09. The van der Waals surface area contributed by atoms with Gasteiger partial charge in [-0.05, 0) is 55.7 Å². The Kier molecular flexibility index (Phi) is 4.99. The number of nitrogens with one attached hydrogen (secondary N) is 1. The molecule has 1 fully saturated rings. The number of hydrogen-bond acceptors (Lipinski definition) is 4. The van der Waals surface area contributed by atoms with Gasteiger partial charge in [0.05, 0.1) is 12.2 Å². The molecule has 0 amide bonds. The van der Waals surface area contributed by atoms with Gasteiger partial charge in [-0.25, -0.2) is 4.79 Å². The first-order chi connectivity index (χ1) is 10.3. The van der Waals surface area contributed by atoms with Crippen molar-refractivity contribution in [2.45, 2.75) is 53.0 Å². The minimum Gasteiger partial charge on any atom is -0.462 e. The van der Waals surface area contributed by atoms with Crippen LogP contribution >= 0.6 is 0 Å². The minimum absolute atomic E-state index is 0.319. The summed E-state index contributed by atoms with van der Waals surface area (Å²) in [6.07, 6.45) is 3.47. The first kappa shape index (κ1) is 16.7. The van der Waals surface area contributed by atoms with E-state index in [1.54, 1.807) is 6.07 Å². The molecule has 0 radical (unpaired) electrons. The Bertz CT molecular complexity index is 540. The SMILES string of the molecule is CCOC(=O)c1cc(N)ccc1NC1CC(C)CC(C)(C)C1. The molecule has 22 heavy (non-hydrogen) atoms. The maximum absolute atomic E-state index is 12.1. The second-order valence-corrected chi connectivity index (χ2v) is 7.28. The standard InChI is InChI=1S/C18H28N2O2/c1-5-22-17(21)15-9-13(19)6-7-16(15)20-14-8-12(2)10-18(3,4)11-14/h6-7,9,12,14,20H,5,8,10-11,19H2,1-4H3. The highest BCUT2D eigenvalue weighted by Crippen LogP contribution is 2.39. The molecule has 2 rings (SSSR count). The summed E-state index contributed by atoms with van der Waals surface area (Å²) in [4.78, 5) is 12.1. The summed E-state index contributed by atoms with van der Waals surface area (Å²) >= 11 is 0. The maximum atomic E-state index is 12.1. The Morgan fingerprint density at radius 3 is 2.77 bits per heavy atom. The van der Waals surface area contributed by atoms with Gasteiger partial charge in [-0.1, -0.05) is 20.8 Å². The molecule has 3 N–H and O–H groups in total. The second-order valence-electron chi connectivity index (χ2n) is 7.28. The van der Waals surface area contributed by atoms with Gasteiger partial charge in [-0.2, -0.15) is 0 Å². The highest BCUT2D eigenvalue weighted by atomic mass is 16.5. The molecule has 1 aliphatic rings. The molecule has 1 aromatic carbocycles. The lowest BCUT2D eigenvalue weighted by atomic mass is 9.70. The van der Waals surface area contributed by atoms with Crippen LogP contribution in [-0.2, 0) is 4.74 Å². The first-order valence-electron chi connectivity index (χ1n) is 8.14. The number of hydrogen-bond donors (Lipinski definition) is 2. The van der Waals surface area contributed by atoms with Crippen molar-refractivity contribution in [2.24, 2.45) is 11.3 Å². The molecule has 122 valence electrons. The van der Waals surface area contributed by atoms with Crippen LogP contribution in [0.2, 0.25) is 0 Å². The lowest BCUT2D eigenvalue weighted by molar-refractivity contribution is 0.0527. The Hall–Kier alpha value is -1.71. The number of carbonyl (C=O) groups excluding carboxylic acids is 1. The molecule has 1 aliphatic carbocycles. The molecule has 1 aromatic rings. The van der Waals surface area contributed by atoms with E-state index >= 15 is 0 Å². The monoisotopic (exact) mass is 304 g/mol. The molecule has 0 spiro atoms. The summed E-state index contributed by atoms with van der Waals surface area (Å²) < 4.78 is 5.14. The quantitative estimate of drug-likeness (QED) is 0.650. The van der Waals surface area contributed by atoms with Gasteiger partial charge in [-0.15, -0.1) is 0 Å². The molecule has 2 atom stereocenters. The molecule has 4 heteroatoms.